The fraction of sp³-hybridized carbons (Fsp3) is 0.571. The van der Waals surface area contributed by atoms with E-state index in [1.165, 1.54) is 18.9 Å². The molecule has 0 saturated heterocycles. The predicted molar refractivity (Wildman–Crippen MR) is 81.4 cm³/mol. The van der Waals surface area contributed by atoms with Gasteiger partial charge in [-0.1, -0.05) is 24.6 Å². The molecule has 0 aliphatic heterocycles. The second kappa shape index (κ2) is 6.43. The van der Waals surface area contributed by atoms with E-state index in [1.54, 1.807) is 12.1 Å². The van der Waals surface area contributed by atoms with Crippen LogP contribution in [0.4, 0.5) is 0 Å². The van der Waals surface area contributed by atoms with Gasteiger partial charge in [0.05, 0.1) is 4.90 Å². The maximum Gasteiger partial charge on any atom is 0.240 e. The summed E-state index contributed by atoms with van der Waals surface area (Å²) in [5.41, 5.74) is 0.932. The van der Waals surface area contributed by atoms with Gasteiger partial charge in [0, 0.05) is 23.7 Å². The van der Waals surface area contributed by atoms with Crippen molar-refractivity contribution in [2.75, 3.05) is 0 Å². The topological polar surface area (TPSA) is 58.2 Å². The zero-order valence-electron chi connectivity index (χ0n) is 11.8. The van der Waals surface area contributed by atoms with Crippen molar-refractivity contribution in [1.82, 2.24) is 10.0 Å². The van der Waals surface area contributed by atoms with Crippen molar-refractivity contribution in [3.05, 3.63) is 28.8 Å². The number of nitrogens with one attached hydrogen (secondary N) is 2. The molecule has 6 heteroatoms. The molecule has 2 N–H and O–H groups in total. The van der Waals surface area contributed by atoms with Crippen LogP contribution >= 0.6 is 11.6 Å². The molecule has 1 aromatic carbocycles. The van der Waals surface area contributed by atoms with Crippen molar-refractivity contribution >= 4 is 21.6 Å². The van der Waals surface area contributed by atoms with Crippen molar-refractivity contribution in [3.63, 3.8) is 0 Å². The predicted octanol–water partition coefficient (Wildman–Crippen LogP) is 2.67. The summed E-state index contributed by atoms with van der Waals surface area (Å²) in [5, 5.41) is 3.85. The third-order valence-electron chi connectivity index (χ3n) is 3.46. The lowest BCUT2D eigenvalue weighted by Gasteiger charge is -2.13. The molecule has 1 aromatic rings. The largest absolute Gasteiger partial charge is 0.310 e. The monoisotopic (exact) mass is 316 g/mol. The minimum Gasteiger partial charge on any atom is -0.310 e. The standard InChI is InChI=1S/C14H21ClN2O2S/c1-3-10(2)17-20(18,19)13-7-4-11(14(15)8-13)9-16-12-5-6-12/h4,7-8,10,12,16-17H,3,5-6,9H2,1-2H3. The summed E-state index contributed by atoms with van der Waals surface area (Å²) in [6, 6.07) is 5.43. The first-order chi connectivity index (χ1) is 9.42. The fourth-order valence-electron chi connectivity index (χ4n) is 1.80. The maximum atomic E-state index is 12.2. The molecule has 112 valence electrons. The van der Waals surface area contributed by atoms with E-state index in [0.717, 1.165) is 12.0 Å². The van der Waals surface area contributed by atoms with E-state index >= 15 is 0 Å². The van der Waals surface area contributed by atoms with Gasteiger partial charge in [-0.15, -0.1) is 0 Å². The molecule has 1 aliphatic carbocycles. The summed E-state index contributed by atoms with van der Waals surface area (Å²) < 4.78 is 26.9. The second-order valence-corrected chi connectivity index (χ2v) is 7.46. The number of benzene rings is 1. The highest BCUT2D eigenvalue weighted by molar-refractivity contribution is 7.89. The molecular formula is C14H21ClN2O2S. The Balaban J connectivity index is 2.10. The fourth-order valence-corrected chi connectivity index (χ4v) is 3.46. The SMILES string of the molecule is CCC(C)NS(=O)(=O)c1ccc(CNC2CC2)c(Cl)c1. The molecule has 20 heavy (non-hydrogen) atoms. The van der Waals surface area contributed by atoms with E-state index in [2.05, 4.69) is 10.0 Å². The van der Waals surface area contributed by atoms with Crippen LogP contribution in [0.25, 0.3) is 0 Å². The molecular weight excluding hydrogens is 296 g/mol. The zero-order valence-corrected chi connectivity index (χ0v) is 13.4. The van der Waals surface area contributed by atoms with E-state index in [9.17, 15) is 8.42 Å². The lowest BCUT2D eigenvalue weighted by atomic mass is 10.2. The van der Waals surface area contributed by atoms with E-state index in [0.29, 0.717) is 17.6 Å². The van der Waals surface area contributed by atoms with Crippen LogP contribution in [0.1, 0.15) is 38.7 Å². The van der Waals surface area contributed by atoms with Gasteiger partial charge < -0.3 is 5.32 Å². The summed E-state index contributed by atoms with van der Waals surface area (Å²) in [5.74, 6) is 0. The van der Waals surface area contributed by atoms with Gasteiger partial charge in [-0.05, 0) is 43.9 Å². The van der Waals surface area contributed by atoms with Gasteiger partial charge in [0.1, 0.15) is 0 Å². The Morgan fingerprint density at radius 2 is 2.10 bits per heavy atom. The van der Waals surface area contributed by atoms with Crippen LogP contribution in [-0.4, -0.2) is 20.5 Å². The maximum absolute atomic E-state index is 12.2. The van der Waals surface area contributed by atoms with Gasteiger partial charge in [-0.2, -0.15) is 0 Å². The molecule has 1 fully saturated rings. The number of hydrogen-bond donors (Lipinski definition) is 2. The summed E-state index contributed by atoms with van der Waals surface area (Å²) >= 11 is 6.18. The van der Waals surface area contributed by atoms with Crippen molar-refractivity contribution in [2.24, 2.45) is 0 Å². The van der Waals surface area contributed by atoms with Crippen molar-refractivity contribution in [2.45, 2.75) is 56.6 Å². The van der Waals surface area contributed by atoms with Gasteiger partial charge in [0.2, 0.25) is 10.0 Å². The van der Waals surface area contributed by atoms with Crippen LogP contribution < -0.4 is 10.0 Å². The molecule has 1 saturated carbocycles. The molecule has 0 amide bonds. The third-order valence-corrected chi connectivity index (χ3v) is 5.40. The molecule has 2 rings (SSSR count). The quantitative estimate of drug-likeness (QED) is 0.813. The van der Waals surface area contributed by atoms with E-state index in [-0.39, 0.29) is 10.9 Å². The normalized spacial score (nSPS) is 17.1. The molecule has 1 atom stereocenters. The Morgan fingerprint density at radius 3 is 2.65 bits per heavy atom. The smallest absolute Gasteiger partial charge is 0.240 e. The Labute approximate surface area is 126 Å². The van der Waals surface area contributed by atoms with Gasteiger partial charge in [-0.3, -0.25) is 0 Å². The highest BCUT2D eigenvalue weighted by Gasteiger charge is 2.21. The summed E-state index contributed by atoms with van der Waals surface area (Å²) in [7, 11) is -3.48. The first-order valence-electron chi connectivity index (χ1n) is 6.96. The van der Waals surface area contributed by atoms with Gasteiger partial charge in [-0.25, -0.2) is 13.1 Å². The molecule has 1 aliphatic rings. The van der Waals surface area contributed by atoms with Crippen molar-refractivity contribution in [3.8, 4) is 0 Å². The van der Waals surface area contributed by atoms with Crippen LogP contribution in [0.2, 0.25) is 5.02 Å². The lowest BCUT2D eigenvalue weighted by Crippen LogP contribution is -2.32. The highest BCUT2D eigenvalue weighted by atomic mass is 35.5. The minimum absolute atomic E-state index is 0.0880. The Kier molecular flexibility index (Phi) is 5.07. The molecule has 0 spiro atoms. The second-order valence-electron chi connectivity index (χ2n) is 5.34. The molecule has 0 radical (unpaired) electrons. The van der Waals surface area contributed by atoms with Gasteiger partial charge >= 0.3 is 0 Å². The molecule has 1 unspecified atom stereocenters. The van der Waals surface area contributed by atoms with Crippen molar-refractivity contribution < 1.29 is 8.42 Å². The van der Waals surface area contributed by atoms with E-state index in [4.69, 9.17) is 11.6 Å². The summed E-state index contributed by atoms with van der Waals surface area (Å²) in [4.78, 5) is 0.220. The number of sulfonamides is 1. The number of rotatable bonds is 7. The molecule has 0 aromatic heterocycles. The summed E-state index contributed by atoms with van der Waals surface area (Å²) in [6.07, 6.45) is 3.17. The zero-order chi connectivity index (χ0) is 14.8. The first kappa shape index (κ1) is 15.8. The Bertz CT molecular complexity index is 571. The van der Waals surface area contributed by atoms with Crippen LogP contribution in [0, 0.1) is 0 Å². The van der Waals surface area contributed by atoms with Crippen LogP contribution in [0.3, 0.4) is 0 Å². The molecule has 4 nitrogen and oxygen atoms in total. The Hall–Kier alpha value is -0.620. The molecule has 0 heterocycles. The van der Waals surface area contributed by atoms with Crippen LogP contribution in [0.15, 0.2) is 23.1 Å². The average molecular weight is 317 g/mol. The van der Waals surface area contributed by atoms with E-state index in [1.807, 2.05) is 13.8 Å². The highest BCUT2D eigenvalue weighted by Crippen LogP contribution is 2.24. The number of halogens is 1. The van der Waals surface area contributed by atoms with Crippen LogP contribution in [-0.2, 0) is 16.6 Å². The average Bonchev–Trinajstić information content (AvgIpc) is 3.20. The van der Waals surface area contributed by atoms with Crippen LogP contribution in [0.5, 0.6) is 0 Å². The van der Waals surface area contributed by atoms with E-state index < -0.39 is 10.0 Å². The van der Waals surface area contributed by atoms with Gasteiger partial charge in [0.25, 0.3) is 0 Å². The Morgan fingerprint density at radius 1 is 1.40 bits per heavy atom. The lowest BCUT2D eigenvalue weighted by molar-refractivity contribution is 0.556. The van der Waals surface area contributed by atoms with Crippen molar-refractivity contribution in [1.29, 1.82) is 0 Å². The third kappa shape index (κ3) is 4.19. The summed E-state index contributed by atoms with van der Waals surface area (Å²) in [6.45, 7) is 4.46. The minimum atomic E-state index is -3.48. The number of hydrogen-bond acceptors (Lipinski definition) is 3. The first-order valence-corrected chi connectivity index (χ1v) is 8.82. The molecule has 0 bridgehead atoms. The van der Waals surface area contributed by atoms with Gasteiger partial charge in [0.15, 0.2) is 0 Å².